The average molecular weight is 278 g/mol. The number of amides is 1. The molecule has 2 rings (SSSR count). The van der Waals surface area contributed by atoms with Gasteiger partial charge in [-0.2, -0.15) is 4.39 Å². The minimum atomic E-state index is -1.05. The first kappa shape index (κ1) is 13.7. The van der Waals surface area contributed by atoms with Gasteiger partial charge in [0.15, 0.2) is 0 Å². The molecular weight excluding hydrogens is 267 g/mol. The summed E-state index contributed by atoms with van der Waals surface area (Å²) in [4.78, 5) is 21.5. The molecule has 0 aliphatic carbocycles. The Morgan fingerprint density at radius 1 is 1.45 bits per heavy atom. The first-order valence-corrected chi connectivity index (χ1v) is 5.77. The number of nitrogens with zero attached hydrogens (tertiary/aromatic N) is 1. The molecule has 7 heteroatoms. The third-order valence-corrected chi connectivity index (χ3v) is 2.72. The zero-order chi connectivity index (χ0) is 14.7. The van der Waals surface area contributed by atoms with E-state index in [2.05, 4.69) is 5.32 Å². The van der Waals surface area contributed by atoms with E-state index in [0.717, 1.165) is 12.1 Å². The number of halogens is 1. The number of carbonyl (C=O) groups excluding carboxylic acids is 1. The van der Waals surface area contributed by atoms with Crippen LogP contribution in [0, 0.1) is 15.9 Å². The highest BCUT2D eigenvalue weighted by atomic mass is 19.1. The normalized spacial score (nSPS) is 11.9. The Bertz CT molecular complexity index is 640. The van der Waals surface area contributed by atoms with E-state index in [9.17, 15) is 19.3 Å². The fourth-order valence-corrected chi connectivity index (χ4v) is 1.68. The maximum atomic E-state index is 13.4. The van der Waals surface area contributed by atoms with Gasteiger partial charge in [-0.3, -0.25) is 14.9 Å². The molecular formula is C13H11FN2O4. The molecule has 20 heavy (non-hydrogen) atoms. The van der Waals surface area contributed by atoms with Crippen molar-refractivity contribution in [3.8, 4) is 0 Å². The summed E-state index contributed by atoms with van der Waals surface area (Å²) in [6, 6.07) is 5.98. The topological polar surface area (TPSA) is 85.4 Å². The molecule has 0 aliphatic heterocycles. The maximum Gasteiger partial charge on any atom is 0.304 e. The first-order valence-electron chi connectivity index (χ1n) is 5.77. The lowest BCUT2D eigenvalue weighted by molar-refractivity contribution is -0.387. The molecule has 1 unspecified atom stereocenters. The monoisotopic (exact) mass is 278 g/mol. The third-order valence-electron chi connectivity index (χ3n) is 2.72. The standard InChI is InChI=1S/C13H11FN2O4/c1-8(12-3-2-6-20-12)15-13(17)9-4-5-11(16(18)19)10(14)7-9/h2-8H,1H3,(H,15,17). The number of nitro benzene ring substituents is 1. The van der Waals surface area contributed by atoms with Crippen molar-refractivity contribution in [2.24, 2.45) is 0 Å². The van der Waals surface area contributed by atoms with Crippen LogP contribution < -0.4 is 5.32 Å². The Kier molecular flexibility index (Phi) is 3.79. The van der Waals surface area contributed by atoms with Crippen LogP contribution >= 0.6 is 0 Å². The summed E-state index contributed by atoms with van der Waals surface area (Å²) in [7, 11) is 0. The van der Waals surface area contributed by atoms with Gasteiger partial charge in [0, 0.05) is 11.6 Å². The molecule has 0 aliphatic rings. The predicted octanol–water partition coefficient (Wildman–Crippen LogP) is 2.82. The van der Waals surface area contributed by atoms with Crippen LogP contribution in [0.4, 0.5) is 10.1 Å². The van der Waals surface area contributed by atoms with Crippen molar-refractivity contribution in [3.63, 3.8) is 0 Å². The lowest BCUT2D eigenvalue weighted by atomic mass is 10.1. The van der Waals surface area contributed by atoms with Gasteiger partial charge in [-0.1, -0.05) is 0 Å². The quantitative estimate of drug-likeness (QED) is 0.688. The van der Waals surface area contributed by atoms with Gasteiger partial charge < -0.3 is 9.73 Å². The van der Waals surface area contributed by atoms with Crippen LogP contribution in [0.15, 0.2) is 41.0 Å². The summed E-state index contributed by atoms with van der Waals surface area (Å²) < 4.78 is 18.6. The first-order chi connectivity index (χ1) is 9.49. The van der Waals surface area contributed by atoms with Gasteiger partial charge in [-0.05, 0) is 31.2 Å². The zero-order valence-corrected chi connectivity index (χ0v) is 10.5. The number of hydrogen-bond acceptors (Lipinski definition) is 4. The number of carbonyl (C=O) groups is 1. The van der Waals surface area contributed by atoms with Crippen molar-refractivity contribution in [2.45, 2.75) is 13.0 Å². The van der Waals surface area contributed by atoms with E-state index in [1.807, 2.05) is 0 Å². The van der Waals surface area contributed by atoms with E-state index >= 15 is 0 Å². The van der Waals surface area contributed by atoms with Gasteiger partial charge >= 0.3 is 5.69 Å². The van der Waals surface area contributed by atoms with E-state index < -0.39 is 28.4 Å². The van der Waals surface area contributed by atoms with Crippen molar-refractivity contribution < 1.29 is 18.5 Å². The van der Waals surface area contributed by atoms with Gasteiger partial charge in [-0.25, -0.2) is 0 Å². The Morgan fingerprint density at radius 2 is 2.20 bits per heavy atom. The van der Waals surface area contributed by atoms with Crippen molar-refractivity contribution in [1.29, 1.82) is 0 Å². The number of hydrogen-bond donors (Lipinski definition) is 1. The minimum absolute atomic E-state index is 0.00602. The second-order valence-electron chi connectivity index (χ2n) is 4.13. The highest BCUT2D eigenvalue weighted by Crippen LogP contribution is 2.19. The summed E-state index contributed by atoms with van der Waals surface area (Å²) in [5.74, 6) is -1.03. The molecule has 0 saturated heterocycles. The van der Waals surface area contributed by atoms with E-state index in [4.69, 9.17) is 4.42 Å². The van der Waals surface area contributed by atoms with Crippen molar-refractivity contribution in [2.75, 3.05) is 0 Å². The second-order valence-corrected chi connectivity index (χ2v) is 4.13. The van der Waals surface area contributed by atoms with Gasteiger partial charge in [0.25, 0.3) is 5.91 Å². The van der Waals surface area contributed by atoms with Crippen LogP contribution in [-0.4, -0.2) is 10.8 Å². The number of furan rings is 1. The van der Waals surface area contributed by atoms with Crippen molar-refractivity contribution in [3.05, 3.63) is 63.9 Å². The summed E-state index contributed by atoms with van der Waals surface area (Å²) in [5, 5.41) is 13.1. The molecule has 0 radical (unpaired) electrons. The average Bonchev–Trinajstić information content (AvgIpc) is 2.91. The van der Waals surface area contributed by atoms with E-state index in [0.29, 0.717) is 5.76 Å². The molecule has 0 fully saturated rings. The smallest absolute Gasteiger partial charge is 0.304 e. The predicted molar refractivity (Wildman–Crippen MR) is 67.6 cm³/mol. The Balaban J connectivity index is 2.14. The van der Waals surface area contributed by atoms with Crippen LogP contribution in [-0.2, 0) is 0 Å². The van der Waals surface area contributed by atoms with Crippen LogP contribution in [0.2, 0.25) is 0 Å². The molecule has 104 valence electrons. The number of nitrogens with one attached hydrogen (secondary N) is 1. The fourth-order valence-electron chi connectivity index (χ4n) is 1.68. The highest BCUT2D eigenvalue weighted by molar-refractivity contribution is 5.94. The number of rotatable bonds is 4. The molecule has 1 aromatic heterocycles. The number of nitro groups is 1. The van der Waals surface area contributed by atoms with E-state index in [-0.39, 0.29) is 5.56 Å². The van der Waals surface area contributed by atoms with Gasteiger partial charge in [0.05, 0.1) is 17.2 Å². The molecule has 6 nitrogen and oxygen atoms in total. The van der Waals surface area contributed by atoms with Gasteiger partial charge in [-0.15, -0.1) is 0 Å². The molecule has 1 atom stereocenters. The molecule has 2 aromatic rings. The maximum absolute atomic E-state index is 13.4. The zero-order valence-electron chi connectivity index (χ0n) is 10.5. The molecule has 0 bridgehead atoms. The van der Waals surface area contributed by atoms with E-state index in [1.54, 1.807) is 19.1 Å². The van der Waals surface area contributed by atoms with Crippen LogP contribution in [0.25, 0.3) is 0 Å². The summed E-state index contributed by atoms with van der Waals surface area (Å²) in [6.45, 7) is 1.71. The Labute approximate surface area is 113 Å². The third kappa shape index (κ3) is 2.82. The Morgan fingerprint density at radius 3 is 2.75 bits per heavy atom. The fraction of sp³-hybridized carbons (Fsp3) is 0.154. The number of benzene rings is 1. The molecule has 1 amide bonds. The van der Waals surface area contributed by atoms with Crippen molar-refractivity contribution in [1.82, 2.24) is 5.32 Å². The molecule has 0 saturated carbocycles. The summed E-state index contributed by atoms with van der Waals surface area (Å²) in [5.41, 5.74) is -0.660. The van der Waals surface area contributed by atoms with Crippen molar-refractivity contribution >= 4 is 11.6 Å². The lowest BCUT2D eigenvalue weighted by Crippen LogP contribution is -2.26. The van der Waals surface area contributed by atoms with E-state index in [1.165, 1.54) is 12.3 Å². The van der Waals surface area contributed by atoms with Gasteiger partial charge in [0.1, 0.15) is 5.76 Å². The highest BCUT2D eigenvalue weighted by Gasteiger charge is 2.18. The van der Waals surface area contributed by atoms with Crippen LogP contribution in [0.1, 0.15) is 29.1 Å². The minimum Gasteiger partial charge on any atom is -0.467 e. The van der Waals surface area contributed by atoms with Crippen LogP contribution in [0.3, 0.4) is 0 Å². The molecule has 0 spiro atoms. The van der Waals surface area contributed by atoms with Gasteiger partial charge in [0.2, 0.25) is 5.82 Å². The molecule has 1 aromatic carbocycles. The molecule has 1 heterocycles. The second kappa shape index (κ2) is 5.52. The molecule has 1 N–H and O–H groups in total. The largest absolute Gasteiger partial charge is 0.467 e. The summed E-state index contributed by atoms with van der Waals surface area (Å²) in [6.07, 6.45) is 1.48. The SMILES string of the molecule is CC(NC(=O)c1ccc([N+](=O)[O-])c(F)c1)c1ccco1. The van der Waals surface area contributed by atoms with Crippen LogP contribution in [0.5, 0.6) is 0 Å². The summed E-state index contributed by atoms with van der Waals surface area (Å²) >= 11 is 0. The lowest BCUT2D eigenvalue weighted by Gasteiger charge is -2.11. The Hall–Kier alpha value is -2.70.